The van der Waals surface area contributed by atoms with Gasteiger partial charge in [0.2, 0.25) is 0 Å². The highest BCUT2D eigenvalue weighted by molar-refractivity contribution is 6.07. The summed E-state index contributed by atoms with van der Waals surface area (Å²) < 4.78 is 7.42. The van der Waals surface area contributed by atoms with Crippen molar-refractivity contribution in [2.24, 2.45) is 0 Å². The zero-order valence-electron chi connectivity index (χ0n) is 15.6. The van der Waals surface area contributed by atoms with Gasteiger partial charge < -0.3 is 9.73 Å². The number of furan rings is 1. The molecule has 0 aliphatic rings. The van der Waals surface area contributed by atoms with Gasteiger partial charge in [0, 0.05) is 16.6 Å². The van der Waals surface area contributed by atoms with E-state index < -0.39 is 0 Å². The van der Waals surface area contributed by atoms with Gasteiger partial charge in [0.05, 0.1) is 5.69 Å². The van der Waals surface area contributed by atoms with E-state index in [0.717, 1.165) is 38.9 Å². The number of nitrogens with one attached hydrogen (secondary N) is 1. The van der Waals surface area contributed by atoms with Crippen LogP contribution in [0.15, 0.2) is 41.1 Å². The van der Waals surface area contributed by atoms with Crippen LogP contribution < -0.4 is 5.32 Å². The molecule has 1 amide bonds. The minimum Gasteiger partial charge on any atom is -0.451 e. The molecule has 0 atom stereocenters. The van der Waals surface area contributed by atoms with Gasteiger partial charge in [0.1, 0.15) is 11.9 Å². The third-order valence-corrected chi connectivity index (χ3v) is 4.66. The molecular formula is C20H19N5O2. The molecule has 0 saturated heterocycles. The number of hydrogen-bond donors (Lipinski definition) is 1. The third-order valence-electron chi connectivity index (χ3n) is 4.66. The van der Waals surface area contributed by atoms with Crippen LogP contribution in [0.25, 0.3) is 16.7 Å². The Balaban J connectivity index is 1.71. The SMILES string of the molecule is Cc1cc(C)c2c(C)c(C(=O)Nc3cc(-n4cnnn4)ccc3C)oc2c1. The van der Waals surface area contributed by atoms with Crippen LogP contribution in [0.4, 0.5) is 5.69 Å². The number of fused-ring (bicyclic) bond motifs is 1. The lowest BCUT2D eigenvalue weighted by atomic mass is 10.0. The summed E-state index contributed by atoms with van der Waals surface area (Å²) in [5.41, 5.74) is 6.15. The molecule has 0 radical (unpaired) electrons. The van der Waals surface area contributed by atoms with Gasteiger partial charge in [-0.3, -0.25) is 4.79 Å². The van der Waals surface area contributed by atoms with Crippen LogP contribution in [0.2, 0.25) is 0 Å². The number of tetrazole rings is 1. The number of carbonyl (C=O) groups excluding carboxylic acids is 1. The summed E-state index contributed by atoms with van der Waals surface area (Å²) in [5, 5.41) is 15.1. The first-order chi connectivity index (χ1) is 12.9. The Labute approximate surface area is 156 Å². The van der Waals surface area contributed by atoms with Crippen molar-refractivity contribution in [2.75, 3.05) is 5.32 Å². The number of aromatic nitrogens is 4. The standard InChI is InChI=1S/C20H19N5O2/c1-11-7-13(3)18-14(4)19(27-17(18)8-11)20(26)22-16-9-15(6-5-12(16)2)25-10-21-23-24-25/h5-10H,1-4H3,(H,22,26). The Kier molecular flexibility index (Phi) is 3.99. The number of benzene rings is 2. The molecule has 0 aliphatic heterocycles. The van der Waals surface area contributed by atoms with E-state index in [1.165, 1.54) is 11.0 Å². The van der Waals surface area contributed by atoms with Gasteiger partial charge in [-0.15, -0.1) is 5.10 Å². The highest BCUT2D eigenvalue weighted by Crippen LogP contribution is 2.30. The molecule has 1 N–H and O–H groups in total. The van der Waals surface area contributed by atoms with Gasteiger partial charge >= 0.3 is 0 Å². The van der Waals surface area contributed by atoms with E-state index in [4.69, 9.17) is 4.42 Å². The number of anilines is 1. The molecule has 0 fully saturated rings. The van der Waals surface area contributed by atoms with Crippen LogP contribution in [0.3, 0.4) is 0 Å². The summed E-state index contributed by atoms with van der Waals surface area (Å²) in [6.45, 7) is 7.88. The molecule has 2 aromatic heterocycles. The molecular weight excluding hydrogens is 342 g/mol. The third kappa shape index (κ3) is 2.97. The van der Waals surface area contributed by atoms with Crippen LogP contribution in [0.5, 0.6) is 0 Å². The summed E-state index contributed by atoms with van der Waals surface area (Å²) in [6, 6.07) is 9.67. The average molecular weight is 361 g/mol. The Hall–Kier alpha value is -3.48. The molecule has 4 aromatic rings. The summed E-state index contributed by atoms with van der Waals surface area (Å²) in [4.78, 5) is 12.9. The van der Waals surface area contributed by atoms with Gasteiger partial charge in [-0.25, -0.2) is 4.68 Å². The zero-order chi connectivity index (χ0) is 19.1. The number of aryl methyl sites for hydroxylation is 4. The van der Waals surface area contributed by atoms with E-state index in [0.29, 0.717) is 11.4 Å². The van der Waals surface area contributed by atoms with Crippen LogP contribution >= 0.6 is 0 Å². The highest BCUT2D eigenvalue weighted by Gasteiger charge is 2.20. The first kappa shape index (κ1) is 17.0. The fourth-order valence-electron chi connectivity index (χ4n) is 3.35. The first-order valence-corrected chi connectivity index (χ1v) is 8.60. The van der Waals surface area contributed by atoms with E-state index >= 15 is 0 Å². The van der Waals surface area contributed by atoms with Gasteiger partial charge in [0.15, 0.2) is 5.76 Å². The van der Waals surface area contributed by atoms with Gasteiger partial charge in [-0.05, 0) is 73.0 Å². The van der Waals surface area contributed by atoms with Crippen molar-refractivity contribution in [3.63, 3.8) is 0 Å². The van der Waals surface area contributed by atoms with Crippen LogP contribution in [0.1, 0.15) is 32.8 Å². The first-order valence-electron chi connectivity index (χ1n) is 8.60. The highest BCUT2D eigenvalue weighted by atomic mass is 16.3. The Morgan fingerprint density at radius 3 is 2.63 bits per heavy atom. The number of nitrogens with zero attached hydrogens (tertiary/aromatic N) is 4. The maximum Gasteiger partial charge on any atom is 0.291 e. The smallest absolute Gasteiger partial charge is 0.291 e. The molecule has 0 aliphatic carbocycles. The van der Waals surface area contributed by atoms with Crippen molar-refractivity contribution >= 4 is 22.6 Å². The van der Waals surface area contributed by atoms with Gasteiger partial charge in [0.25, 0.3) is 5.91 Å². The topological polar surface area (TPSA) is 85.8 Å². The minimum absolute atomic E-state index is 0.280. The second-order valence-electron chi connectivity index (χ2n) is 6.72. The van der Waals surface area contributed by atoms with E-state index in [2.05, 4.69) is 26.9 Å². The second kappa shape index (κ2) is 6.35. The Morgan fingerprint density at radius 2 is 1.89 bits per heavy atom. The molecule has 7 nitrogen and oxygen atoms in total. The summed E-state index contributed by atoms with van der Waals surface area (Å²) >= 11 is 0. The summed E-state index contributed by atoms with van der Waals surface area (Å²) in [7, 11) is 0. The van der Waals surface area contributed by atoms with Crippen LogP contribution in [0, 0.1) is 27.7 Å². The zero-order valence-corrected chi connectivity index (χ0v) is 15.6. The van der Waals surface area contributed by atoms with Gasteiger partial charge in [-0.1, -0.05) is 12.1 Å². The van der Waals surface area contributed by atoms with Crippen LogP contribution in [-0.4, -0.2) is 26.1 Å². The Morgan fingerprint density at radius 1 is 1.07 bits per heavy atom. The lowest BCUT2D eigenvalue weighted by Crippen LogP contribution is -2.13. The fraction of sp³-hybridized carbons (Fsp3) is 0.200. The molecule has 7 heteroatoms. The largest absolute Gasteiger partial charge is 0.451 e. The molecule has 0 bridgehead atoms. The average Bonchev–Trinajstić information content (AvgIpc) is 3.25. The van der Waals surface area contributed by atoms with E-state index in [1.54, 1.807) is 0 Å². The number of amides is 1. The predicted molar refractivity (Wildman–Crippen MR) is 102 cm³/mol. The monoisotopic (exact) mass is 361 g/mol. The lowest BCUT2D eigenvalue weighted by Gasteiger charge is -2.09. The van der Waals surface area contributed by atoms with Crippen molar-refractivity contribution < 1.29 is 9.21 Å². The fourth-order valence-corrected chi connectivity index (χ4v) is 3.35. The predicted octanol–water partition coefficient (Wildman–Crippen LogP) is 3.89. The molecule has 2 aromatic carbocycles. The maximum absolute atomic E-state index is 12.9. The summed E-state index contributed by atoms with van der Waals surface area (Å²) in [5.74, 6) is 0.0450. The number of carbonyl (C=O) groups is 1. The molecule has 0 spiro atoms. The molecule has 0 unspecified atom stereocenters. The lowest BCUT2D eigenvalue weighted by molar-refractivity contribution is 0.0998. The van der Waals surface area contributed by atoms with E-state index in [1.807, 2.05) is 52.0 Å². The molecule has 27 heavy (non-hydrogen) atoms. The second-order valence-corrected chi connectivity index (χ2v) is 6.72. The van der Waals surface area contributed by atoms with Crippen LogP contribution in [-0.2, 0) is 0 Å². The van der Waals surface area contributed by atoms with E-state index in [-0.39, 0.29) is 5.91 Å². The van der Waals surface area contributed by atoms with Crippen molar-refractivity contribution in [3.8, 4) is 5.69 Å². The summed E-state index contributed by atoms with van der Waals surface area (Å²) in [6.07, 6.45) is 1.50. The normalized spacial score (nSPS) is 11.1. The molecule has 2 heterocycles. The Bertz CT molecular complexity index is 1160. The van der Waals surface area contributed by atoms with E-state index in [9.17, 15) is 4.79 Å². The van der Waals surface area contributed by atoms with Crippen molar-refractivity contribution in [2.45, 2.75) is 27.7 Å². The maximum atomic E-state index is 12.9. The van der Waals surface area contributed by atoms with Crippen molar-refractivity contribution in [1.29, 1.82) is 0 Å². The number of hydrogen-bond acceptors (Lipinski definition) is 5. The van der Waals surface area contributed by atoms with Gasteiger partial charge in [-0.2, -0.15) is 0 Å². The number of rotatable bonds is 3. The quantitative estimate of drug-likeness (QED) is 0.598. The molecule has 136 valence electrons. The molecule has 4 rings (SSSR count). The van der Waals surface area contributed by atoms with Crippen molar-refractivity contribution in [3.05, 3.63) is 64.7 Å². The van der Waals surface area contributed by atoms with Crippen molar-refractivity contribution in [1.82, 2.24) is 20.2 Å². The molecule has 0 saturated carbocycles. The minimum atomic E-state index is -0.280.